The second kappa shape index (κ2) is 5.65. The van der Waals surface area contributed by atoms with E-state index in [1.165, 1.54) is 6.33 Å². The van der Waals surface area contributed by atoms with Crippen LogP contribution in [0.25, 0.3) is 0 Å². The van der Waals surface area contributed by atoms with Crippen LogP contribution in [0.5, 0.6) is 0 Å². The Labute approximate surface area is 97.1 Å². The maximum absolute atomic E-state index is 5.61. The summed E-state index contributed by atoms with van der Waals surface area (Å²) in [4.78, 5) is 10.2. The van der Waals surface area contributed by atoms with E-state index in [4.69, 9.17) is 5.73 Å². The highest BCUT2D eigenvalue weighted by Crippen LogP contribution is 2.12. The Morgan fingerprint density at radius 2 is 2.06 bits per heavy atom. The van der Waals surface area contributed by atoms with Gasteiger partial charge in [0, 0.05) is 18.7 Å². The average molecular weight is 223 g/mol. The molecule has 5 heteroatoms. The minimum absolute atomic E-state index is 0.351. The first-order valence-corrected chi connectivity index (χ1v) is 5.48. The number of anilines is 2. The van der Waals surface area contributed by atoms with Crippen LogP contribution < -0.4 is 11.1 Å². The SMILES string of the molecule is CC(C)C(CN(C)C)Nc1cc(N)ncn1. The van der Waals surface area contributed by atoms with E-state index in [0.717, 1.165) is 12.4 Å². The standard InChI is InChI=1S/C11H21N5/c1-8(2)9(6-16(3)4)15-11-5-10(12)13-7-14-11/h5,7-9H,6H2,1-4H3,(H3,12,13,14,15). The maximum Gasteiger partial charge on any atom is 0.131 e. The topological polar surface area (TPSA) is 67.1 Å². The monoisotopic (exact) mass is 223 g/mol. The maximum atomic E-state index is 5.61. The molecule has 90 valence electrons. The van der Waals surface area contributed by atoms with Crippen molar-refractivity contribution in [2.24, 2.45) is 5.92 Å². The fourth-order valence-corrected chi connectivity index (χ4v) is 1.46. The summed E-state index contributed by atoms with van der Waals surface area (Å²) in [6.07, 6.45) is 1.48. The first-order valence-electron chi connectivity index (χ1n) is 5.48. The number of nitrogens with one attached hydrogen (secondary N) is 1. The second-order valence-corrected chi connectivity index (χ2v) is 4.59. The van der Waals surface area contributed by atoms with Crippen LogP contribution in [0.2, 0.25) is 0 Å². The smallest absolute Gasteiger partial charge is 0.131 e. The average Bonchev–Trinajstić information content (AvgIpc) is 2.15. The Morgan fingerprint density at radius 1 is 1.38 bits per heavy atom. The lowest BCUT2D eigenvalue weighted by atomic mass is 10.0. The molecule has 1 atom stereocenters. The second-order valence-electron chi connectivity index (χ2n) is 4.59. The Balaban J connectivity index is 2.68. The number of aromatic nitrogens is 2. The van der Waals surface area contributed by atoms with Crippen molar-refractivity contribution in [2.45, 2.75) is 19.9 Å². The normalized spacial score (nSPS) is 13.1. The minimum Gasteiger partial charge on any atom is -0.384 e. The van der Waals surface area contributed by atoms with E-state index in [-0.39, 0.29) is 0 Å². The summed E-state index contributed by atoms with van der Waals surface area (Å²) in [6.45, 7) is 5.33. The highest BCUT2D eigenvalue weighted by molar-refractivity contribution is 5.44. The Bertz CT molecular complexity index is 324. The van der Waals surface area contributed by atoms with Crippen LogP contribution in [0, 0.1) is 5.92 Å². The molecule has 0 bridgehead atoms. The van der Waals surface area contributed by atoms with Crippen LogP contribution in [0.15, 0.2) is 12.4 Å². The van der Waals surface area contributed by atoms with Gasteiger partial charge in [0.2, 0.25) is 0 Å². The summed E-state index contributed by atoms with van der Waals surface area (Å²) < 4.78 is 0. The van der Waals surface area contributed by atoms with Gasteiger partial charge in [-0.15, -0.1) is 0 Å². The summed E-state index contributed by atoms with van der Waals surface area (Å²) in [5.74, 6) is 1.80. The lowest BCUT2D eigenvalue weighted by Crippen LogP contribution is -2.36. The van der Waals surface area contributed by atoms with Crippen molar-refractivity contribution in [3.05, 3.63) is 12.4 Å². The van der Waals surface area contributed by atoms with Gasteiger partial charge < -0.3 is 16.0 Å². The zero-order valence-corrected chi connectivity index (χ0v) is 10.4. The van der Waals surface area contributed by atoms with Crippen LogP contribution in [0.3, 0.4) is 0 Å². The van der Waals surface area contributed by atoms with E-state index in [9.17, 15) is 0 Å². The van der Waals surface area contributed by atoms with Gasteiger partial charge in [-0.05, 0) is 20.0 Å². The fourth-order valence-electron chi connectivity index (χ4n) is 1.46. The number of hydrogen-bond acceptors (Lipinski definition) is 5. The molecule has 1 aromatic rings. The molecule has 1 aromatic heterocycles. The van der Waals surface area contributed by atoms with Gasteiger partial charge in [-0.1, -0.05) is 13.8 Å². The molecule has 16 heavy (non-hydrogen) atoms. The van der Waals surface area contributed by atoms with E-state index in [0.29, 0.717) is 17.8 Å². The number of likely N-dealkylation sites (N-methyl/N-ethyl adjacent to an activating group) is 1. The molecule has 0 spiro atoms. The molecule has 0 aromatic carbocycles. The summed E-state index contributed by atoms with van der Waals surface area (Å²) >= 11 is 0. The number of nitrogens with two attached hydrogens (primary N) is 1. The van der Waals surface area contributed by atoms with Gasteiger partial charge >= 0.3 is 0 Å². The molecular weight excluding hydrogens is 202 g/mol. The van der Waals surface area contributed by atoms with Crippen LogP contribution in [-0.4, -0.2) is 41.5 Å². The van der Waals surface area contributed by atoms with E-state index in [2.05, 4.69) is 48.1 Å². The number of nitrogens with zero attached hydrogens (tertiary/aromatic N) is 3. The Kier molecular flexibility index (Phi) is 4.49. The molecule has 0 saturated heterocycles. The van der Waals surface area contributed by atoms with E-state index in [1.807, 2.05) is 0 Å². The lowest BCUT2D eigenvalue weighted by molar-refractivity contribution is 0.344. The molecule has 3 N–H and O–H groups in total. The third-order valence-corrected chi connectivity index (χ3v) is 2.39. The molecule has 1 rings (SSSR count). The van der Waals surface area contributed by atoms with Gasteiger partial charge in [-0.3, -0.25) is 0 Å². The largest absolute Gasteiger partial charge is 0.384 e. The number of rotatable bonds is 5. The first-order chi connectivity index (χ1) is 7.49. The van der Waals surface area contributed by atoms with Gasteiger partial charge in [-0.2, -0.15) is 0 Å². The van der Waals surface area contributed by atoms with Crippen LogP contribution in [0.1, 0.15) is 13.8 Å². The van der Waals surface area contributed by atoms with E-state index in [1.54, 1.807) is 6.07 Å². The highest BCUT2D eigenvalue weighted by Gasteiger charge is 2.14. The van der Waals surface area contributed by atoms with E-state index >= 15 is 0 Å². The van der Waals surface area contributed by atoms with Crippen molar-refractivity contribution < 1.29 is 0 Å². The van der Waals surface area contributed by atoms with E-state index < -0.39 is 0 Å². The van der Waals surface area contributed by atoms with Crippen LogP contribution >= 0.6 is 0 Å². The Hall–Kier alpha value is -1.36. The summed E-state index contributed by atoms with van der Waals surface area (Å²) in [5, 5.41) is 3.38. The Morgan fingerprint density at radius 3 is 2.56 bits per heavy atom. The summed E-state index contributed by atoms with van der Waals surface area (Å²) in [7, 11) is 4.12. The van der Waals surface area contributed by atoms with Crippen molar-refractivity contribution in [3.63, 3.8) is 0 Å². The van der Waals surface area contributed by atoms with Crippen LogP contribution in [0.4, 0.5) is 11.6 Å². The van der Waals surface area contributed by atoms with Crippen molar-refractivity contribution >= 4 is 11.6 Å². The predicted octanol–water partition coefficient (Wildman–Crippen LogP) is 1.06. The molecule has 5 nitrogen and oxygen atoms in total. The molecular formula is C11H21N5. The summed E-state index contributed by atoms with van der Waals surface area (Å²) in [6, 6.07) is 2.11. The van der Waals surface area contributed by atoms with Gasteiger partial charge in [0.1, 0.15) is 18.0 Å². The van der Waals surface area contributed by atoms with Crippen molar-refractivity contribution in [1.29, 1.82) is 0 Å². The molecule has 1 heterocycles. The third kappa shape index (κ3) is 4.02. The zero-order valence-electron chi connectivity index (χ0n) is 10.4. The number of nitrogen functional groups attached to an aromatic ring is 1. The predicted molar refractivity (Wildman–Crippen MR) is 67.2 cm³/mol. The molecule has 0 radical (unpaired) electrons. The van der Waals surface area contributed by atoms with Crippen LogP contribution in [-0.2, 0) is 0 Å². The van der Waals surface area contributed by atoms with Gasteiger partial charge in [-0.25, -0.2) is 9.97 Å². The molecule has 0 saturated carbocycles. The molecule has 0 amide bonds. The van der Waals surface area contributed by atoms with Gasteiger partial charge in [0.15, 0.2) is 0 Å². The van der Waals surface area contributed by atoms with Gasteiger partial charge in [0.25, 0.3) is 0 Å². The molecule has 0 aliphatic heterocycles. The third-order valence-electron chi connectivity index (χ3n) is 2.39. The molecule has 0 fully saturated rings. The summed E-state index contributed by atoms with van der Waals surface area (Å²) in [5.41, 5.74) is 5.61. The van der Waals surface area contributed by atoms with Crippen molar-refractivity contribution in [1.82, 2.24) is 14.9 Å². The minimum atomic E-state index is 0.351. The number of hydrogen-bond donors (Lipinski definition) is 2. The van der Waals surface area contributed by atoms with Crippen molar-refractivity contribution in [3.8, 4) is 0 Å². The highest BCUT2D eigenvalue weighted by atomic mass is 15.1. The molecule has 0 aliphatic carbocycles. The van der Waals surface area contributed by atoms with Gasteiger partial charge in [0.05, 0.1) is 0 Å². The molecule has 0 aliphatic rings. The first kappa shape index (κ1) is 12.7. The quantitative estimate of drug-likeness (QED) is 0.781. The molecule has 1 unspecified atom stereocenters. The zero-order chi connectivity index (χ0) is 12.1. The fraction of sp³-hybridized carbons (Fsp3) is 0.636. The lowest BCUT2D eigenvalue weighted by Gasteiger charge is -2.26. The van der Waals surface area contributed by atoms with Crippen molar-refractivity contribution in [2.75, 3.05) is 31.7 Å².